The van der Waals surface area contributed by atoms with Crippen molar-refractivity contribution in [3.63, 3.8) is 0 Å². The minimum atomic E-state index is -1.34. The number of rotatable bonds is 2. The molecular formula is C16H13F2NO2. The summed E-state index contributed by atoms with van der Waals surface area (Å²) in [6, 6.07) is 9.50. The van der Waals surface area contributed by atoms with E-state index in [0.29, 0.717) is 19.5 Å². The summed E-state index contributed by atoms with van der Waals surface area (Å²) in [7, 11) is 0. The summed E-state index contributed by atoms with van der Waals surface area (Å²) in [6.07, 6.45) is 0.704. The normalized spacial score (nSPS) is 13.9. The van der Waals surface area contributed by atoms with Gasteiger partial charge in [-0.25, -0.2) is 13.6 Å². The summed E-state index contributed by atoms with van der Waals surface area (Å²) in [5.41, 5.74) is 1.67. The van der Waals surface area contributed by atoms with E-state index in [1.165, 1.54) is 5.56 Å². The first kappa shape index (κ1) is 13.5. The summed E-state index contributed by atoms with van der Waals surface area (Å²) < 4.78 is 28.2. The van der Waals surface area contributed by atoms with Gasteiger partial charge in [0.1, 0.15) is 17.3 Å². The summed E-state index contributed by atoms with van der Waals surface area (Å²) in [5.74, 6) is -3.03. The number of halogens is 2. The summed E-state index contributed by atoms with van der Waals surface area (Å²) in [5, 5.41) is 8.82. The smallest absolute Gasteiger partial charge is 0.335 e. The Morgan fingerprint density at radius 2 is 1.71 bits per heavy atom. The van der Waals surface area contributed by atoms with E-state index >= 15 is 0 Å². The third-order valence-corrected chi connectivity index (χ3v) is 3.71. The number of anilines is 1. The lowest BCUT2D eigenvalue weighted by atomic mass is 9.99. The number of carboxylic acids is 1. The van der Waals surface area contributed by atoms with Crippen molar-refractivity contribution >= 4 is 11.7 Å². The lowest BCUT2D eigenvalue weighted by Gasteiger charge is -2.31. The molecule has 0 amide bonds. The summed E-state index contributed by atoms with van der Waals surface area (Å²) >= 11 is 0. The number of carboxylic acid groups (broad SMARTS) is 1. The molecule has 0 saturated carbocycles. The molecule has 0 unspecified atom stereocenters. The van der Waals surface area contributed by atoms with Gasteiger partial charge >= 0.3 is 5.97 Å². The van der Waals surface area contributed by atoms with Crippen LogP contribution in [0.1, 0.15) is 21.5 Å². The van der Waals surface area contributed by atoms with Gasteiger partial charge in [0.2, 0.25) is 0 Å². The van der Waals surface area contributed by atoms with Crippen LogP contribution in [0.15, 0.2) is 36.4 Å². The van der Waals surface area contributed by atoms with Gasteiger partial charge in [0.05, 0.1) is 5.56 Å². The fourth-order valence-electron chi connectivity index (χ4n) is 2.68. The number of fused-ring (bicyclic) bond motifs is 1. The molecule has 1 N–H and O–H groups in total. The highest BCUT2D eigenvalue weighted by atomic mass is 19.1. The van der Waals surface area contributed by atoms with E-state index in [0.717, 1.165) is 17.7 Å². The zero-order valence-corrected chi connectivity index (χ0v) is 11.1. The van der Waals surface area contributed by atoms with Crippen LogP contribution in [0.2, 0.25) is 0 Å². The number of nitrogens with zero attached hydrogens (tertiary/aromatic N) is 1. The van der Waals surface area contributed by atoms with Crippen molar-refractivity contribution in [2.45, 2.75) is 13.0 Å². The Hall–Kier alpha value is -2.43. The van der Waals surface area contributed by atoms with Gasteiger partial charge in [-0.3, -0.25) is 0 Å². The molecule has 1 heterocycles. The summed E-state index contributed by atoms with van der Waals surface area (Å²) in [6.45, 7) is 0.910. The first-order valence-corrected chi connectivity index (χ1v) is 6.60. The predicted octanol–water partition coefficient (Wildman–Crippen LogP) is 3.23. The van der Waals surface area contributed by atoms with E-state index in [-0.39, 0.29) is 11.3 Å². The molecular weight excluding hydrogens is 276 g/mol. The van der Waals surface area contributed by atoms with Crippen LogP contribution < -0.4 is 4.90 Å². The molecule has 2 aromatic carbocycles. The molecule has 108 valence electrons. The number of carbonyl (C=O) groups is 1. The summed E-state index contributed by atoms with van der Waals surface area (Å²) in [4.78, 5) is 12.4. The third-order valence-electron chi connectivity index (χ3n) is 3.71. The fourth-order valence-corrected chi connectivity index (χ4v) is 2.68. The van der Waals surface area contributed by atoms with Gasteiger partial charge in [-0.05, 0) is 29.7 Å². The molecule has 0 aromatic heterocycles. The van der Waals surface area contributed by atoms with Gasteiger partial charge in [0.25, 0.3) is 0 Å². The molecule has 21 heavy (non-hydrogen) atoms. The Kier molecular flexibility index (Phi) is 3.33. The average Bonchev–Trinajstić information content (AvgIpc) is 2.46. The van der Waals surface area contributed by atoms with Gasteiger partial charge in [0.15, 0.2) is 0 Å². The minimum absolute atomic E-state index is 0.158. The molecule has 0 spiro atoms. The highest BCUT2D eigenvalue weighted by Crippen LogP contribution is 2.30. The maximum Gasteiger partial charge on any atom is 0.335 e. The number of benzene rings is 2. The van der Waals surface area contributed by atoms with Crippen LogP contribution in [0.5, 0.6) is 0 Å². The highest BCUT2D eigenvalue weighted by Gasteiger charge is 2.23. The van der Waals surface area contributed by atoms with E-state index in [9.17, 15) is 13.6 Å². The predicted molar refractivity (Wildman–Crippen MR) is 74.5 cm³/mol. The first-order chi connectivity index (χ1) is 10.1. The Morgan fingerprint density at radius 3 is 2.33 bits per heavy atom. The van der Waals surface area contributed by atoms with Crippen molar-refractivity contribution in [2.75, 3.05) is 11.4 Å². The SMILES string of the molecule is O=C(O)c1cc(F)c(N2CCc3ccccc3C2)c(F)c1. The third kappa shape index (κ3) is 2.46. The largest absolute Gasteiger partial charge is 0.478 e. The molecule has 3 nitrogen and oxygen atoms in total. The van der Waals surface area contributed by atoms with E-state index in [4.69, 9.17) is 5.11 Å². The lowest BCUT2D eigenvalue weighted by Crippen LogP contribution is -2.31. The fraction of sp³-hybridized carbons (Fsp3) is 0.188. The van der Waals surface area contributed by atoms with Crippen LogP contribution >= 0.6 is 0 Å². The molecule has 0 radical (unpaired) electrons. The van der Waals surface area contributed by atoms with Crippen molar-refractivity contribution in [3.05, 3.63) is 64.7 Å². The van der Waals surface area contributed by atoms with Gasteiger partial charge in [-0.2, -0.15) is 0 Å². The Balaban J connectivity index is 1.97. The zero-order valence-electron chi connectivity index (χ0n) is 11.1. The zero-order chi connectivity index (χ0) is 15.0. The van der Waals surface area contributed by atoms with Gasteiger partial charge < -0.3 is 10.0 Å². The van der Waals surface area contributed by atoms with Crippen LogP contribution in [0, 0.1) is 11.6 Å². The van der Waals surface area contributed by atoms with Gasteiger partial charge in [0, 0.05) is 13.1 Å². The van der Waals surface area contributed by atoms with Crippen LogP contribution in [0.3, 0.4) is 0 Å². The quantitative estimate of drug-likeness (QED) is 0.922. The van der Waals surface area contributed by atoms with Crippen LogP contribution in [0.4, 0.5) is 14.5 Å². The first-order valence-electron chi connectivity index (χ1n) is 6.60. The molecule has 5 heteroatoms. The van der Waals surface area contributed by atoms with Crippen molar-refractivity contribution in [2.24, 2.45) is 0 Å². The molecule has 3 rings (SSSR count). The monoisotopic (exact) mass is 289 g/mol. The van der Waals surface area contributed by atoms with Crippen molar-refractivity contribution in [3.8, 4) is 0 Å². The second kappa shape index (κ2) is 5.16. The molecule has 0 fully saturated rings. The standard InChI is InChI=1S/C16H13F2NO2/c17-13-7-12(16(20)21)8-14(18)15(13)19-6-5-10-3-1-2-4-11(10)9-19/h1-4,7-8H,5-6,9H2,(H,20,21). The van der Waals surface area contributed by atoms with E-state index in [2.05, 4.69) is 0 Å². The Bertz CT molecular complexity index is 692. The average molecular weight is 289 g/mol. The topological polar surface area (TPSA) is 40.5 Å². The van der Waals surface area contributed by atoms with Crippen molar-refractivity contribution in [1.82, 2.24) is 0 Å². The minimum Gasteiger partial charge on any atom is -0.478 e. The molecule has 0 bridgehead atoms. The maximum atomic E-state index is 14.1. The van der Waals surface area contributed by atoms with Crippen molar-refractivity contribution in [1.29, 1.82) is 0 Å². The second-order valence-electron chi connectivity index (χ2n) is 5.03. The van der Waals surface area contributed by atoms with E-state index in [1.54, 1.807) is 4.90 Å². The number of aromatic carboxylic acids is 1. The molecule has 0 atom stereocenters. The van der Waals surface area contributed by atoms with Crippen molar-refractivity contribution < 1.29 is 18.7 Å². The maximum absolute atomic E-state index is 14.1. The molecule has 0 aliphatic carbocycles. The Morgan fingerprint density at radius 1 is 1.10 bits per heavy atom. The van der Waals surface area contributed by atoms with Crippen LogP contribution in [-0.4, -0.2) is 17.6 Å². The molecule has 2 aromatic rings. The Labute approximate surface area is 120 Å². The molecule has 1 aliphatic rings. The molecule has 1 aliphatic heterocycles. The highest BCUT2D eigenvalue weighted by molar-refractivity contribution is 5.88. The van der Waals surface area contributed by atoms with Gasteiger partial charge in [-0.15, -0.1) is 0 Å². The lowest BCUT2D eigenvalue weighted by molar-refractivity contribution is 0.0695. The van der Waals surface area contributed by atoms with Gasteiger partial charge in [-0.1, -0.05) is 24.3 Å². The molecule has 0 saturated heterocycles. The van der Waals surface area contributed by atoms with Crippen LogP contribution in [-0.2, 0) is 13.0 Å². The second-order valence-corrected chi connectivity index (χ2v) is 5.03. The number of hydrogen-bond donors (Lipinski definition) is 1. The number of hydrogen-bond acceptors (Lipinski definition) is 2. The van der Waals surface area contributed by atoms with E-state index in [1.807, 2.05) is 24.3 Å². The van der Waals surface area contributed by atoms with Crippen LogP contribution in [0.25, 0.3) is 0 Å². The van der Waals surface area contributed by atoms with E-state index < -0.39 is 17.6 Å².